The van der Waals surface area contributed by atoms with E-state index < -0.39 is 0 Å². The van der Waals surface area contributed by atoms with Crippen LogP contribution in [0.5, 0.6) is 0 Å². The second kappa shape index (κ2) is 22.6. The number of furan rings is 1. The average molecular weight is 1100 g/mol. The molecule has 0 saturated heterocycles. The largest absolute Gasteiger partial charge is 0.455 e. The minimum Gasteiger partial charge on any atom is -0.455 e. The first-order valence-corrected chi connectivity index (χ1v) is 28.9. The molecule has 12 aromatic carbocycles. The van der Waals surface area contributed by atoms with Gasteiger partial charge in [0.25, 0.3) is 0 Å². The minimum absolute atomic E-state index is 0.719. The zero-order chi connectivity index (χ0) is 57.2. The average Bonchev–Trinajstić information content (AvgIpc) is 3.32. The molecule has 6 nitrogen and oxygen atoms in total. The van der Waals surface area contributed by atoms with E-state index in [0.29, 0.717) is 0 Å². The molecule has 6 heteroatoms. The molecule has 0 spiro atoms. The summed E-state index contributed by atoms with van der Waals surface area (Å²) in [6.45, 7) is 0. The van der Waals surface area contributed by atoms with Gasteiger partial charge in [0.15, 0.2) is 11.6 Å². The first kappa shape index (κ1) is 51.3. The van der Waals surface area contributed by atoms with Gasteiger partial charge in [-0.25, -0.2) is 19.9 Å². The van der Waals surface area contributed by atoms with Gasteiger partial charge in [-0.2, -0.15) is 0 Å². The molecule has 0 atom stereocenters. The standard InChI is InChI=1S/C40H27N3.C40H26N2O/c1-3-11-30(12-4-1)36-27-37(42-40(41-36)32-13-5-2-6-14-32)31-21-19-28(20-22-31)29-23-25-33(26-24-29)43-38-17-9-7-15-34(38)35-16-8-10-18-39(35)43;1-3-10-30(11-4-1)36-26-37(42-40(41-36)32-12-5-2-6-13-32)31-24-20-28(21-25-31)27-18-22-29(23-19-27)33-15-9-16-35-34-14-7-8-17-38(34)43-39(33)35/h1-27H;1-26H. The fourth-order valence-electron chi connectivity index (χ4n) is 11.6. The van der Waals surface area contributed by atoms with Crippen molar-refractivity contribution in [2.45, 2.75) is 0 Å². The number of hydrogen-bond acceptors (Lipinski definition) is 5. The summed E-state index contributed by atoms with van der Waals surface area (Å²) in [7, 11) is 0. The van der Waals surface area contributed by atoms with Gasteiger partial charge in [0.1, 0.15) is 11.2 Å². The predicted octanol–water partition coefficient (Wildman–Crippen LogP) is 21.0. The molecule has 0 N–H and O–H groups in total. The monoisotopic (exact) mass is 1100 g/mol. The van der Waals surface area contributed by atoms with Gasteiger partial charge in [0.05, 0.1) is 33.8 Å². The highest BCUT2D eigenvalue weighted by atomic mass is 16.3. The van der Waals surface area contributed by atoms with E-state index in [1.807, 2.05) is 84.9 Å². The summed E-state index contributed by atoms with van der Waals surface area (Å²) in [6.07, 6.45) is 0. The van der Waals surface area contributed by atoms with Crippen LogP contribution in [0, 0.1) is 0 Å². The van der Waals surface area contributed by atoms with Crippen molar-refractivity contribution in [3.05, 3.63) is 322 Å². The van der Waals surface area contributed by atoms with Crippen molar-refractivity contribution in [2.24, 2.45) is 0 Å². The van der Waals surface area contributed by atoms with Gasteiger partial charge in [-0.1, -0.05) is 279 Å². The number of para-hydroxylation sites is 4. The summed E-state index contributed by atoms with van der Waals surface area (Å²) >= 11 is 0. The number of rotatable bonds is 10. The Morgan fingerprint density at radius 3 is 1.00 bits per heavy atom. The van der Waals surface area contributed by atoms with Gasteiger partial charge < -0.3 is 8.98 Å². The second-order valence-electron chi connectivity index (χ2n) is 21.3. The molecule has 0 amide bonds. The number of hydrogen-bond donors (Lipinski definition) is 0. The quantitative estimate of drug-likeness (QED) is 0.136. The molecule has 0 aliphatic heterocycles. The Morgan fingerprint density at radius 2 is 0.558 bits per heavy atom. The smallest absolute Gasteiger partial charge is 0.160 e. The molecule has 16 rings (SSSR count). The van der Waals surface area contributed by atoms with Gasteiger partial charge in [-0.3, -0.25) is 0 Å². The van der Waals surface area contributed by atoms with E-state index in [1.54, 1.807) is 0 Å². The van der Waals surface area contributed by atoms with E-state index >= 15 is 0 Å². The van der Waals surface area contributed by atoms with Crippen LogP contribution in [0.25, 0.3) is 151 Å². The molecule has 0 aliphatic carbocycles. The van der Waals surface area contributed by atoms with Crippen molar-refractivity contribution in [1.82, 2.24) is 24.5 Å². The first-order chi connectivity index (χ1) is 42.6. The SMILES string of the molecule is c1ccc(-c2cc(-c3ccc(-c4ccc(-c5cccc6c5oc5ccccc56)cc4)cc3)nc(-c3ccccc3)n2)cc1.c1ccc(-c2cc(-c3ccc(-c4ccc(-n5c6ccccc6c6ccccc65)cc4)cc3)nc(-c3ccccc3)n2)cc1. The summed E-state index contributed by atoms with van der Waals surface area (Å²) in [5, 5.41) is 4.83. The third kappa shape index (κ3) is 10.1. The first-order valence-electron chi connectivity index (χ1n) is 28.9. The van der Waals surface area contributed by atoms with Crippen molar-refractivity contribution < 1.29 is 4.42 Å². The highest BCUT2D eigenvalue weighted by Crippen LogP contribution is 2.38. The van der Waals surface area contributed by atoms with Crippen LogP contribution in [-0.4, -0.2) is 24.5 Å². The molecule has 16 aromatic rings. The summed E-state index contributed by atoms with van der Waals surface area (Å²) in [5.41, 5.74) is 22.2. The second-order valence-corrected chi connectivity index (χ2v) is 21.3. The zero-order valence-corrected chi connectivity index (χ0v) is 46.7. The molecule has 0 radical (unpaired) electrons. The third-order valence-electron chi connectivity index (χ3n) is 16.0. The van der Waals surface area contributed by atoms with E-state index in [2.05, 4.69) is 241 Å². The predicted molar refractivity (Wildman–Crippen MR) is 355 cm³/mol. The summed E-state index contributed by atoms with van der Waals surface area (Å²) < 4.78 is 8.62. The molecule has 0 saturated carbocycles. The maximum absolute atomic E-state index is 6.27. The molecular formula is C80H53N5O. The van der Waals surface area contributed by atoms with Crippen LogP contribution in [0.2, 0.25) is 0 Å². The maximum atomic E-state index is 6.27. The topological polar surface area (TPSA) is 69.6 Å². The lowest BCUT2D eigenvalue weighted by Crippen LogP contribution is -1.96. The van der Waals surface area contributed by atoms with Crippen LogP contribution < -0.4 is 0 Å². The molecule has 4 heterocycles. The number of aromatic nitrogens is 5. The van der Waals surface area contributed by atoms with Gasteiger partial charge in [-0.05, 0) is 70.3 Å². The van der Waals surface area contributed by atoms with Crippen molar-refractivity contribution in [2.75, 3.05) is 0 Å². The van der Waals surface area contributed by atoms with E-state index in [9.17, 15) is 0 Å². The molecule has 404 valence electrons. The van der Waals surface area contributed by atoms with Crippen LogP contribution in [0.3, 0.4) is 0 Å². The zero-order valence-electron chi connectivity index (χ0n) is 46.7. The molecule has 0 unspecified atom stereocenters. The van der Waals surface area contributed by atoms with Crippen LogP contribution in [0.4, 0.5) is 0 Å². The molecule has 4 aromatic heterocycles. The molecule has 0 fully saturated rings. The van der Waals surface area contributed by atoms with Gasteiger partial charge in [-0.15, -0.1) is 0 Å². The Hall–Kier alpha value is -11.6. The van der Waals surface area contributed by atoms with Crippen molar-refractivity contribution in [3.8, 4) is 107 Å². The summed E-state index contributed by atoms with van der Waals surface area (Å²) in [5.74, 6) is 1.44. The minimum atomic E-state index is 0.719. The Kier molecular flexibility index (Phi) is 13.5. The lowest BCUT2D eigenvalue weighted by atomic mass is 9.98. The summed E-state index contributed by atoms with van der Waals surface area (Å²) in [4.78, 5) is 19.8. The van der Waals surface area contributed by atoms with E-state index in [-0.39, 0.29) is 0 Å². The van der Waals surface area contributed by atoms with Crippen LogP contribution in [-0.2, 0) is 0 Å². The summed E-state index contributed by atoms with van der Waals surface area (Å²) in [6, 6.07) is 112. The number of nitrogens with zero attached hydrogens (tertiary/aromatic N) is 5. The Bertz CT molecular complexity index is 4870. The maximum Gasteiger partial charge on any atom is 0.160 e. The lowest BCUT2D eigenvalue weighted by Gasteiger charge is -2.11. The Labute approximate surface area is 498 Å². The van der Waals surface area contributed by atoms with Crippen LogP contribution in [0.1, 0.15) is 0 Å². The van der Waals surface area contributed by atoms with E-state index in [0.717, 1.165) is 123 Å². The molecule has 86 heavy (non-hydrogen) atoms. The normalized spacial score (nSPS) is 11.3. The molecule has 0 aliphatic rings. The lowest BCUT2D eigenvalue weighted by molar-refractivity contribution is 0.670. The van der Waals surface area contributed by atoms with Crippen LogP contribution >= 0.6 is 0 Å². The Balaban J connectivity index is 0.000000145. The van der Waals surface area contributed by atoms with E-state index in [4.69, 9.17) is 24.4 Å². The number of benzene rings is 12. The van der Waals surface area contributed by atoms with Gasteiger partial charge >= 0.3 is 0 Å². The van der Waals surface area contributed by atoms with Crippen LogP contribution in [0.15, 0.2) is 326 Å². The van der Waals surface area contributed by atoms with Gasteiger partial charge in [0.2, 0.25) is 0 Å². The molecule has 0 bridgehead atoms. The third-order valence-corrected chi connectivity index (χ3v) is 16.0. The van der Waals surface area contributed by atoms with Crippen molar-refractivity contribution >= 4 is 43.7 Å². The number of fused-ring (bicyclic) bond motifs is 6. The van der Waals surface area contributed by atoms with Crippen molar-refractivity contribution in [3.63, 3.8) is 0 Å². The molecular weight excluding hydrogens is 1050 g/mol. The fraction of sp³-hybridized carbons (Fsp3) is 0. The van der Waals surface area contributed by atoms with Gasteiger partial charge in [0, 0.05) is 66.2 Å². The van der Waals surface area contributed by atoms with Crippen molar-refractivity contribution in [1.29, 1.82) is 0 Å². The van der Waals surface area contributed by atoms with E-state index in [1.165, 1.54) is 27.4 Å². The highest BCUT2D eigenvalue weighted by Gasteiger charge is 2.16. The Morgan fingerprint density at radius 1 is 0.233 bits per heavy atom. The highest BCUT2D eigenvalue weighted by molar-refractivity contribution is 6.10. The fourth-order valence-corrected chi connectivity index (χ4v) is 11.6.